The normalized spacial score (nSPS) is 11.4. The number of pyridine rings is 1. The maximum Gasteiger partial charge on any atom is 0.140 e. The zero-order chi connectivity index (χ0) is 18.4. The van der Waals surface area contributed by atoms with Crippen LogP contribution in [0.3, 0.4) is 0 Å². The Balaban J connectivity index is 1.48. The Morgan fingerprint density at radius 2 is 2.00 bits per heavy atom. The molecule has 2 aromatic heterocycles. The molecular weight excluding hydrogens is 324 g/mol. The second-order valence-electron chi connectivity index (χ2n) is 6.66. The second-order valence-corrected chi connectivity index (χ2v) is 6.66. The Hall–Kier alpha value is -2.37. The Morgan fingerprint density at radius 1 is 1.19 bits per heavy atom. The molecule has 0 aliphatic heterocycles. The van der Waals surface area contributed by atoms with E-state index in [9.17, 15) is 0 Å². The molecule has 0 radical (unpaired) electrons. The fourth-order valence-electron chi connectivity index (χ4n) is 2.80. The molecule has 5 nitrogen and oxygen atoms in total. The van der Waals surface area contributed by atoms with E-state index in [4.69, 9.17) is 4.74 Å². The summed E-state index contributed by atoms with van der Waals surface area (Å²) in [5, 5.41) is 3.47. The summed E-state index contributed by atoms with van der Waals surface area (Å²) in [6.45, 7) is 8.74. The zero-order valence-corrected chi connectivity index (χ0v) is 15.9. The van der Waals surface area contributed by atoms with Crippen LogP contribution in [0, 0.1) is 6.92 Å². The first-order chi connectivity index (χ1) is 12.7. The number of hydrogen-bond acceptors (Lipinski definition) is 4. The van der Waals surface area contributed by atoms with Crippen LogP contribution >= 0.6 is 0 Å². The highest BCUT2D eigenvalue weighted by atomic mass is 16.5. The van der Waals surface area contributed by atoms with Gasteiger partial charge in [0.1, 0.15) is 18.0 Å². The van der Waals surface area contributed by atoms with Crippen LogP contribution in [0.2, 0.25) is 0 Å². The fraction of sp³-hybridized carbons (Fsp3) is 0.381. The molecule has 1 aromatic carbocycles. The molecule has 5 heteroatoms. The van der Waals surface area contributed by atoms with Crippen LogP contribution in [-0.2, 0) is 13.2 Å². The van der Waals surface area contributed by atoms with Gasteiger partial charge in [-0.2, -0.15) is 0 Å². The van der Waals surface area contributed by atoms with Crippen molar-refractivity contribution in [2.45, 2.75) is 27.0 Å². The maximum atomic E-state index is 5.89. The number of likely N-dealkylation sites (N-methyl/N-ethyl adjacent to an activating group) is 1. The molecule has 0 saturated heterocycles. The van der Waals surface area contributed by atoms with Crippen LogP contribution in [-0.4, -0.2) is 41.0 Å². The van der Waals surface area contributed by atoms with Gasteiger partial charge < -0.3 is 19.4 Å². The van der Waals surface area contributed by atoms with Crippen molar-refractivity contribution in [1.29, 1.82) is 0 Å². The molecule has 0 saturated carbocycles. The van der Waals surface area contributed by atoms with Crippen molar-refractivity contribution >= 4 is 5.65 Å². The maximum absolute atomic E-state index is 5.89. The molecule has 0 amide bonds. The van der Waals surface area contributed by atoms with Gasteiger partial charge in [0.2, 0.25) is 0 Å². The number of hydrogen-bond donors (Lipinski definition) is 1. The monoisotopic (exact) mass is 352 g/mol. The first-order valence-corrected chi connectivity index (χ1v) is 9.20. The highest BCUT2D eigenvalue weighted by Crippen LogP contribution is 2.15. The molecule has 0 bridgehead atoms. The van der Waals surface area contributed by atoms with Crippen LogP contribution in [0.15, 0.2) is 48.8 Å². The Morgan fingerprint density at radius 3 is 2.73 bits per heavy atom. The lowest BCUT2D eigenvalue weighted by atomic mass is 10.2. The molecule has 0 aliphatic rings. The van der Waals surface area contributed by atoms with Gasteiger partial charge in [-0.15, -0.1) is 0 Å². The quantitative estimate of drug-likeness (QED) is 0.600. The van der Waals surface area contributed by atoms with E-state index in [1.165, 1.54) is 11.1 Å². The molecule has 3 aromatic rings. The molecule has 1 N–H and O–H groups in total. The van der Waals surface area contributed by atoms with Crippen molar-refractivity contribution in [2.24, 2.45) is 0 Å². The first kappa shape index (κ1) is 18.4. The van der Waals surface area contributed by atoms with Gasteiger partial charge in [-0.3, -0.25) is 0 Å². The van der Waals surface area contributed by atoms with E-state index in [0.717, 1.165) is 43.3 Å². The van der Waals surface area contributed by atoms with E-state index in [0.29, 0.717) is 6.61 Å². The summed E-state index contributed by atoms with van der Waals surface area (Å²) in [6, 6.07) is 12.4. The van der Waals surface area contributed by atoms with Crippen molar-refractivity contribution in [2.75, 3.05) is 26.7 Å². The summed E-state index contributed by atoms with van der Waals surface area (Å²) in [5.74, 6) is 0.869. The predicted molar refractivity (Wildman–Crippen MR) is 106 cm³/mol. The molecular formula is C21H28N4O. The first-order valence-electron chi connectivity index (χ1n) is 9.20. The molecule has 3 rings (SSSR count). The SMILES string of the molecule is CCN(C)CCNCc1ccc(OCc2cn3cccc(C)c3n2)cc1. The number of benzene rings is 1. The van der Waals surface area contributed by atoms with Crippen LogP contribution < -0.4 is 10.1 Å². The van der Waals surface area contributed by atoms with Crippen molar-refractivity contribution in [3.05, 3.63) is 65.6 Å². The molecule has 2 heterocycles. The topological polar surface area (TPSA) is 41.8 Å². The van der Waals surface area contributed by atoms with Gasteiger partial charge in [-0.25, -0.2) is 4.98 Å². The third-order valence-electron chi connectivity index (χ3n) is 4.58. The average molecular weight is 352 g/mol. The van der Waals surface area contributed by atoms with Gasteiger partial charge >= 0.3 is 0 Å². The van der Waals surface area contributed by atoms with E-state index in [2.05, 4.69) is 54.3 Å². The van der Waals surface area contributed by atoms with Gasteiger partial charge in [0.15, 0.2) is 0 Å². The minimum absolute atomic E-state index is 0.474. The Labute approximate surface area is 155 Å². The lowest BCUT2D eigenvalue weighted by Gasteiger charge is -2.14. The van der Waals surface area contributed by atoms with E-state index < -0.39 is 0 Å². The van der Waals surface area contributed by atoms with Gasteiger partial charge in [-0.1, -0.05) is 25.1 Å². The van der Waals surface area contributed by atoms with Crippen molar-refractivity contribution in [1.82, 2.24) is 19.6 Å². The van der Waals surface area contributed by atoms with Crippen LogP contribution in [0.4, 0.5) is 0 Å². The van der Waals surface area contributed by atoms with E-state index in [1.807, 2.05) is 35.0 Å². The number of ether oxygens (including phenoxy) is 1. The molecule has 0 unspecified atom stereocenters. The minimum Gasteiger partial charge on any atom is -0.487 e. The fourth-order valence-corrected chi connectivity index (χ4v) is 2.80. The number of rotatable bonds is 9. The van der Waals surface area contributed by atoms with Crippen molar-refractivity contribution in [3.63, 3.8) is 0 Å². The van der Waals surface area contributed by atoms with E-state index >= 15 is 0 Å². The van der Waals surface area contributed by atoms with Crippen LogP contribution in [0.1, 0.15) is 23.7 Å². The number of nitrogens with one attached hydrogen (secondary N) is 1. The lowest BCUT2D eigenvalue weighted by molar-refractivity contribution is 0.302. The van der Waals surface area contributed by atoms with Crippen molar-refractivity contribution in [3.8, 4) is 5.75 Å². The van der Waals surface area contributed by atoms with Gasteiger partial charge in [0, 0.05) is 32.0 Å². The minimum atomic E-state index is 0.474. The molecule has 0 spiro atoms. The van der Waals surface area contributed by atoms with Gasteiger partial charge in [0.05, 0.1) is 5.69 Å². The number of imidazole rings is 1. The molecule has 0 fully saturated rings. The standard InChI is InChI=1S/C21H28N4O/c1-4-24(3)13-11-22-14-18-7-9-20(10-8-18)26-16-19-15-25-12-5-6-17(2)21(25)23-19/h5-10,12,15,22H,4,11,13-14,16H2,1-3H3. The average Bonchev–Trinajstić information content (AvgIpc) is 3.09. The van der Waals surface area contributed by atoms with Crippen LogP contribution in [0.5, 0.6) is 5.75 Å². The predicted octanol–water partition coefficient (Wildman–Crippen LogP) is 3.26. The lowest BCUT2D eigenvalue weighted by Crippen LogP contribution is -2.28. The highest BCUT2D eigenvalue weighted by Gasteiger charge is 2.04. The molecule has 0 atom stereocenters. The van der Waals surface area contributed by atoms with Gasteiger partial charge in [0.25, 0.3) is 0 Å². The smallest absolute Gasteiger partial charge is 0.140 e. The largest absolute Gasteiger partial charge is 0.487 e. The molecule has 138 valence electrons. The number of aromatic nitrogens is 2. The van der Waals surface area contributed by atoms with Gasteiger partial charge in [-0.05, 0) is 49.8 Å². The molecule has 26 heavy (non-hydrogen) atoms. The number of aryl methyl sites for hydroxylation is 1. The summed E-state index contributed by atoms with van der Waals surface area (Å²) in [6.07, 6.45) is 4.03. The van der Waals surface area contributed by atoms with E-state index in [1.54, 1.807) is 0 Å². The summed E-state index contributed by atoms with van der Waals surface area (Å²) >= 11 is 0. The number of fused-ring (bicyclic) bond motifs is 1. The van der Waals surface area contributed by atoms with E-state index in [-0.39, 0.29) is 0 Å². The zero-order valence-electron chi connectivity index (χ0n) is 15.9. The third-order valence-corrected chi connectivity index (χ3v) is 4.58. The third kappa shape index (κ3) is 4.84. The van der Waals surface area contributed by atoms with Crippen molar-refractivity contribution < 1.29 is 4.74 Å². The molecule has 0 aliphatic carbocycles. The Bertz CT molecular complexity index is 826. The summed E-state index contributed by atoms with van der Waals surface area (Å²) < 4.78 is 7.93. The summed E-state index contributed by atoms with van der Waals surface area (Å²) in [7, 11) is 2.14. The number of nitrogens with zero attached hydrogens (tertiary/aromatic N) is 3. The summed E-state index contributed by atoms with van der Waals surface area (Å²) in [5.41, 5.74) is 4.35. The second kappa shape index (κ2) is 8.83. The Kier molecular flexibility index (Phi) is 6.26. The summed E-state index contributed by atoms with van der Waals surface area (Å²) in [4.78, 5) is 6.94. The highest BCUT2D eigenvalue weighted by molar-refractivity contribution is 5.47. The van der Waals surface area contributed by atoms with Crippen LogP contribution in [0.25, 0.3) is 5.65 Å².